The normalized spacial score (nSPS) is 22.3. The van der Waals surface area contributed by atoms with E-state index in [2.05, 4.69) is 0 Å². The van der Waals surface area contributed by atoms with Crippen LogP contribution < -0.4 is 0 Å². The summed E-state index contributed by atoms with van der Waals surface area (Å²) < 4.78 is 30.9. The number of hydrogen-bond donors (Lipinski definition) is 0. The van der Waals surface area contributed by atoms with Gasteiger partial charge in [-0.1, -0.05) is 6.07 Å². The highest BCUT2D eigenvalue weighted by Gasteiger charge is 2.24. The standard InChI is InChI=1S/C12H13ClF2O/c13-10(9-3-4-16-7-9)5-8-1-2-11(14)12(15)6-8/h1-2,6,9-10H,3-5,7H2. The molecule has 0 amide bonds. The highest BCUT2D eigenvalue weighted by Crippen LogP contribution is 2.24. The maximum Gasteiger partial charge on any atom is 0.159 e. The molecular weight excluding hydrogens is 234 g/mol. The maximum atomic E-state index is 13.0. The fraction of sp³-hybridized carbons (Fsp3) is 0.500. The summed E-state index contributed by atoms with van der Waals surface area (Å²) in [5, 5.41) is -0.0765. The van der Waals surface area contributed by atoms with Gasteiger partial charge >= 0.3 is 0 Å². The van der Waals surface area contributed by atoms with Crippen molar-refractivity contribution in [2.24, 2.45) is 5.92 Å². The fourth-order valence-electron chi connectivity index (χ4n) is 1.90. The van der Waals surface area contributed by atoms with Crippen LogP contribution in [0.4, 0.5) is 8.78 Å². The minimum absolute atomic E-state index is 0.0765. The molecule has 1 aliphatic heterocycles. The summed E-state index contributed by atoms with van der Waals surface area (Å²) in [5.41, 5.74) is 0.728. The predicted molar refractivity (Wildman–Crippen MR) is 58.6 cm³/mol. The van der Waals surface area contributed by atoms with Crippen molar-refractivity contribution in [2.75, 3.05) is 13.2 Å². The van der Waals surface area contributed by atoms with Crippen molar-refractivity contribution in [2.45, 2.75) is 18.2 Å². The number of hydrogen-bond acceptors (Lipinski definition) is 1. The van der Waals surface area contributed by atoms with Crippen molar-refractivity contribution in [3.63, 3.8) is 0 Å². The molecule has 1 saturated heterocycles. The maximum absolute atomic E-state index is 13.0. The third-order valence-corrected chi connectivity index (χ3v) is 3.40. The molecular formula is C12H13ClF2O. The first kappa shape index (κ1) is 11.8. The summed E-state index contributed by atoms with van der Waals surface area (Å²) in [6, 6.07) is 3.92. The molecule has 0 N–H and O–H groups in total. The molecule has 0 bridgehead atoms. The zero-order chi connectivity index (χ0) is 11.5. The molecule has 1 nitrogen and oxygen atoms in total. The van der Waals surface area contributed by atoms with Gasteiger partial charge in [-0.15, -0.1) is 11.6 Å². The molecule has 2 atom stereocenters. The van der Waals surface area contributed by atoms with Gasteiger partial charge in [0.15, 0.2) is 11.6 Å². The Labute approximate surface area is 98.4 Å². The van der Waals surface area contributed by atoms with Crippen LogP contribution in [0, 0.1) is 17.6 Å². The molecule has 1 aliphatic rings. The molecule has 1 fully saturated rings. The molecule has 1 aromatic carbocycles. The number of benzene rings is 1. The van der Waals surface area contributed by atoms with Gasteiger partial charge in [-0.25, -0.2) is 8.78 Å². The van der Waals surface area contributed by atoms with Crippen LogP contribution in [0.1, 0.15) is 12.0 Å². The van der Waals surface area contributed by atoms with Crippen molar-refractivity contribution in [3.8, 4) is 0 Å². The molecule has 0 aromatic heterocycles. The monoisotopic (exact) mass is 246 g/mol. The zero-order valence-electron chi connectivity index (χ0n) is 8.76. The van der Waals surface area contributed by atoms with E-state index in [9.17, 15) is 8.78 Å². The minimum Gasteiger partial charge on any atom is -0.381 e. The first-order valence-electron chi connectivity index (χ1n) is 5.32. The van der Waals surface area contributed by atoms with E-state index >= 15 is 0 Å². The van der Waals surface area contributed by atoms with Crippen LogP contribution in [0.3, 0.4) is 0 Å². The van der Waals surface area contributed by atoms with Crippen LogP contribution in [0.25, 0.3) is 0 Å². The lowest BCUT2D eigenvalue weighted by molar-refractivity contribution is 0.185. The molecule has 4 heteroatoms. The Balaban J connectivity index is 1.99. The first-order chi connectivity index (χ1) is 7.66. The van der Waals surface area contributed by atoms with Crippen LogP contribution in [0.5, 0.6) is 0 Å². The molecule has 2 unspecified atom stereocenters. The summed E-state index contributed by atoms with van der Waals surface area (Å²) in [5.74, 6) is -1.32. The SMILES string of the molecule is Fc1ccc(CC(Cl)C2CCOC2)cc1F. The van der Waals surface area contributed by atoms with Crippen LogP contribution >= 0.6 is 11.6 Å². The van der Waals surface area contributed by atoms with Gasteiger partial charge in [-0.3, -0.25) is 0 Å². The summed E-state index contributed by atoms with van der Waals surface area (Å²) in [6.07, 6.45) is 1.49. The van der Waals surface area contributed by atoms with Crippen molar-refractivity contribution in [1.29, 1.82) is 0 Å². The Morgan fingerprint density at radius 3 is 2.81 bits per heavy atom. The third-order valence-electron chi connectivity index (χ3n) is 2.89. The molecule has 0 aliphatic carbocycles. The van der Waals surface area contributed by atoms with Gasteiger partial charge in [-0.2, -0.15) is 0 Å². The lowest BCUT2D eigenvalue weighted by atomic mass is 9.98. The van der Waals surface area contributed by atoms with Gasteiger partial charge < -0.3 is 4.74 Å². The summed E-state index contributed by atoms with van der Waals surface area (Å²) >= 11 is 6.22. The highest BCUT2D eigenvalue weighted by atomic mass is 35.5. The van der Waals surface area contributed by atoms with E-state index in [4.69, 9.17) is 16.3 Å². The number of rotatable bonds is 3. The largest absolute Gasteiger partial charge is 0.381 e. The quantitative estimate of drug-likeness (QED) is 0.745. The van der Waals surface area contributed by atoms with Crippen LogP contribution in [0.2, 0.25) is 0 Å². The van der Waals surface area contributed by atoms with E-state index in [0.29, 0.717) is 18.9 Å². The Bertz CT molecular complexity index is 364. The summed E-state index contributed by atoms with van der Waals surface area (Å²) in [7, 11) is 0. The topological polar surface area (TPSA) is 9.23 Å². The van der Waals surface area contributed by atoms with Crippen molar-refractivity contribution >= 4 is 11.6 Å². The van der Waals surface area contributed by atoms with E-state index in [0.717, 1.165) is 24.7 Å². The lowest BCUT2D eigenvalue weighted by Crippen LogP contribution is -2.17. The van der Waals surface area contributed by atoms with E-state index in [1.165, 1.54) is 6.07 Å². The lowest BCUT2D eigenvalue weighted by Gasteiger charge is -2.15. The average molecular weight is 247 g/mol. The smallest absolute Gasteiger partial charge is 0.159 e. The highest BCUT2D eigenvalue weighted by molar-refractivity contribution is 6.20. The van der Waals surface area contributed by atoms with E-state index < -0.39 is 11.6 Å². The Morgan fingerprint density at radius 2 is 2.19 bits per heavy atom. The second-order valence-electron chi connectivity index (χ2n) is 4.09. The van der Waals surface area contributed by atoms with Crippen molar-refractivity contribution in [3.05, 3.63) is 35.4 Å². The van der Waals surface area contributed by atoms with E-state index in [1.54, 1.807) is 6.07 Å². The molecule has 0 radical (unpaired) electrons. The van der Waals surface area contributed by atoms with Gasteiger partial charge in [0.2, 0.25) is 0 Å². The fourth-order valence-corrected chi connectivity index (χ4v) is 2.27. The van der Waals surface area contributed by atoms with Crippen LogP contribution in [-0.2, 0) is 11.2 Å². The minimum atomic E-state index is -0.820. The van der Waals surface area contributed by atoms with Gasteiger partial charge in [-0.05, 0) is 30.5 Å². The predicted octanol–water partition coefficient (Wildman–Crippen LogP) is 3.15. The third kappa shape index (κ3) is 2.71. The molecule has 1 aromatic rings. The van der Waals surface area contributed by atoms with Gasteiger partial charge in [0.25, 0.3) is 0 Å². The first-order valence-corrected chi connectivity index (χ1v) is 5.76. The molecule has 88 valence electrons. The van der Waals surface area contributed by atoms with Gasteiger partial charge in [0, 0.05) is 17.9 Å². The van der Waals surface area contributed by atoms with E-state index in [-0.39, 0.29) is 5.38 Å². The van der Waals surface area contributed by atoms with Gasteiger partial charge in [0.05, 0.1) is 6.61 Å². The molecule has 2 rings (SSSR count). The second kappa shape index (κ2) is 5.11. The summed E-state index contributed by atoms with van der Waals surface area (Å²) in [6.45, 7) is 1.41. The average Bonchev–Trinajstić information content (AvgIpc) is 2.77. The number of alkyl halides is 1. The Hall–Kier alpha value is -0.670. The zero-order valence-corrected chi connectivity index (χ0v) is 9.51. The number of halogens is 3. The Kier molecular flexibility index (Phi) is 3.77. The van der Waals surface area contributed by atoms with Gasteiger partial charge in [0.1, 0.15) is 0 Å². The van der Waals surface area contributed by atoms with Crippen LogP contribution in [0.15, 0.2) is 18.2 Å². The molecule has 16 heavy (non-hydrogen) atoms. The van der Waals surface area contributed by atoms with Crippen molar-refractivity contribution in [1.82, 2.24) is 0 Å². The number of ether oxygens (including phenoxy) is 1. The molecule has 0 saturated carbocycles. The second-order valence-corrected chi connectivity index (χ2v) is 4.65. The van der Waals surface area contributed by atoms with E-state index in [1.807, 2.05) is 0 Å². The molecule has 0 spiro atoms. The summed E-state index contributed by atoms with van der Waals surface area (Å²) in [4.78, 5) is 0. The van der Waals surface area contributed by atoms with Crippen molar-refractivity contribution < 1.29 is 13.5 Å². The van der Waals surface area contributed by atoms with Crippen LogP contribution in [-0.4, -0.2) is 18.6 Å². The Morgan fingerprint density at radius 1 is 1.38 bits per heavy atom. The molecule has 1 heterocycles.